The van der Waals surface area contributed by atoms with E-state index in [0.717, 1.165) is 17.8 Å². The van der Waals surface area contributed by atoms with E-state index in [-0.39, 0.29) is 6.04 Å². The normalized spacial score (nSPS) is 12.6. The summed E-state index contributed by atoms with van der Waals surface area (Å²) in [6.07, 6.45) is 5.28. The Morgan fingerprint density at radius 2 is 2.31 bits per heavy atom. The Morgan fingerprint density at radius 1 is 1.44 bits per heavy atom. The lowest BCUT2D eigenvalue weighted by molar-refractivity contribution is 0.550. The molecule has 0 saturated heterocycles. The zero-order chi connectivity index (χ0) is 11.4. The van der Waals surface area contributed by atoms with Crippen molar-refractivity contribution in [1.29, 1.82) is 0 Å². The molecular weight excluding hydrogens is 200 g/mol. The molecule has 0 amide bonds. The molecule has 2 aromatic rings. The van der Waals surface area contributed by atoms with Gasteiger partial charge in [-0.25, -0.2) is 0 Å². The summed E-state index contributed by atoms with van der Waals surface area (Å²) in [6, 6.07) is 6.12. The van der Waals surface area contributed by atoms with Crippen molar-refractivity contribution in [2.45, 2.75) is 19.9 Å². The number of rotatable bonds is 4. The predicted octanol–water partition coefficient (Wildman–Crippen LogP) is 2.68. The summed E-state index contributed by atoms with van der Waals surface area (Å²) in [5.74, 6) is 0. The van der Waals surface area contributed by atoms with Gasteiger partial charge >= 0.3 is 0 Å². The topological polar surface area (TPSA) is 38.1 Å². The zero-order valence-electron chi connectivity index (χ0n) is 9.60. The summed E-state index contributed by atoms with van der Waals surface area (Å²) in [5.41, 5.74) is 3.36. The monoisotopic (exact) mass is 216 g/mol. The van der Waals surface area contributed by atoms with E-state index in [2.05, 4.69) is 30.2 Å². The molecule has 2 heterocycles. The van der Waals surface area contributed by atoms with Crippen LogP contribution in [0.15, 0.2) is 41.3 Å². The number of aromatic nitrogens is 1. The minimum atomic E-state index is 0.116. The van der Waals surface area contributed by atoms with Crippen LogP contribution in [-0.4, -0.2) is 11.5 Å². The van der Waals surface area contributed by atoms with Crippen LogP contribution in [0.3, 0.4) is 0 Å². The van der Waals surface area contributed by atoms with Gasteiger partial charge < -0.3 is 9.73 Å². The summed E-state index contributed by atoms with van der Waals surface area (Å²) < 4.78 is 5.14. The van der Waals surface area contributed by atoms with Crippen molar-refractivity contribution >= 4 is 0 Å². The third-order valence-electron chi connectivity index (χ3n) is 2.61. The number of nitrogens with zero attached hydrogens (tertiary/aromatic N) is 1. The lowest BCUT2D eigenvalue weighted by atomic mass is 10.0. The van der Waals surface area contributed by atoms with E-state index >= 15 is 0 Å². The van der Waals surface area contributed by atoms with Crippen LogP contribution < -0.4 is 5.32 Å². The molecule has 2 rings (SSSR count). The molecule has 0 fully saturated rings. The van der Waals surface area contributed by atoms with Gasteiger partial charge in [0.1, 0.15) is 0 Å². The van der Waals surface area contributed by atoms with Crippen molar-refractivity contribution in [3.8, 4) is 0 Å². The summed E-state index contributed by atoms with van der Waals surface area (Å²) in [6.45, 7) is 5.06. The second-order valence-corrected chi connectivity index (χ2v) is 3.75. The van der Waals surface area contributed by atoms with E-state index in [1.807, 2.05) is 18.3 Å². The highest BCUT2D eigenvalue weighted by Crippen LogP contribution is 2.22. The van der Waals surface area contributed by atoms with Crippen LogP contribution in [0.1, 0.15) is 29.8 Å². The minimum Gasteiger partial charge on any atom is -0.472 e. The molecular formula is C13H16N2O. The number of pyridine rings is 1. The molecule has 0 aromatic carbocycles. The molecule has 1 atom stereocenters. The van der Waals surface area contributed by atoms with Crippen molar-refractivity contribution in [3.63, 3.8) is 0 Å². The maximum absolute atomic E-state index is 5.14. The first-order chi connectivity index (χ1) is 7.83. The summed E-state index contributed by atoms with van der Waals surface area (Å²) in [7, 11) is 0. The SMILES string of the molecule is CCNC(c1ccoc1)c1ncccc1C. The van der Waals surface area contributed by atoms with Crippen LogP contribution in [0.2, 0.25) is 0 Å². The lowest BCUT2D eigenvalue weighted by Gasteiger charge is -2.17. The van der Waals surface area contributed by atoms with Gasteiger partial charge in [-0.2, -0.15) is 0 Å². The second kappa shape index (κ2) is 4.94. The van der Waals surface area contributed by atoms with Gasteiger partial charge in [0.05, 0.1) is 24.3 Å². The fraction of sp³-hybridized carbons (Fsp3) is 0.308. The van der Waals surface area contributed by atoms with Crippen LogP contribution in [0, 0.1) is 6.92 Å². The van der Waals surface area contributed by atoms with E-state index in [0.29, 0.717) is 0 Å². The van der Waals surface area contributed by atoms with Crippen LogP contribution in [0.25, 0.3) is 0 Å². The van der Waals surface area contributed by atoms with Crippen LogP contribution in [-0.2, 0) is 0 Å². The molecule has 2 aromatic heterocycles. The van der Waals surface area contributed by atoms with E-state index < -0.39 is 0 Å². The number of nitrogens with one attached hydrogen (secondary N) is 1. The third kappa shape index (κ3) is 2.14. The Hall–Kier alpha value is -1.61. The molecule has 0 saturated carbocycles. The Kier molecular flexibility index (Phi) is 3.37. The van der Waals surface area contributed by atoms with Crippen molar-refractivity contribution in [2.24, 2.45) is 0 Å². The molecule has 0 aliphatic rings. The highest BCUT2D eigenvalue weighted by atomic mass is 16.3. The Morgan fingerprint density at radius 3 is 2.94 bits per heavy atom. The van der Waals surface area contributed by atoms with Crippen LogP contribution in [0.5, 0.6) is 0 Å². The first kappa shape index (κ1) is 10.9. The molecule has 16 heavy (non-hydrogen) atoms. The number of hydrogen-bond acceptors (Lipinski definition) is 3. The molecule has 0 aliphatic heterocycles. The Bertz CT molecular complexity index is 437. The average Bonchev–Trinajstić information content (AvgIpc) is 2.80. The standard InChI is InChI=1S/C13H16N2O/c1-3-14-13(11-6-8-16-9-11)12-10(2)5-4-7-15-12/h4-9,13-14H,3H2,1-2H3. The van der Waals surface area contributed by atoms with Gasteiger partial charge in [-0.15, -0.1) is 0 Å². The highest BCUT2D eigenvalue weighted by molar-refractivity contribution is 5.29. The zero-order valence-corrected chi connectivity index (χ0v) is 9.60. The first-order valence-corrected chi connectivity index (χ1v) is 5.50. The van der Waals surface area contributed by atoms with Gasteiger partial charge in [0.2, 0.25) is 0 Å². The molecule has 3 heteroatoms. The maximum atomic E-state index is 5.14. The van der Waals surface area contributed by atoms with E-state index in [9.17, 15) is 0 Å². The number of aryl methyl sites for hydroxylation is 1. The quantitative estimate of drug-likeness (QED) is 0.853. The third-order valence-corrected chi connectivity index (χ3v) is 2.61. The molecule has 0 aliphatic carbocycles. The van der Waals surface area contributed by atoms with Gasteiger partial charge in [0, 0.05) is 11.8 Å². The number of hydrogen-bond donors (Lipinski definition) is 1. The predicted molar refractivity (Wildman–Crippen MR) is 63.2 cm³/mol. The largest absolute Gasteiger partial charge is 0.472 e. The smallest absolute Gasteiger partial charge is 0.0954 e. The summed E-state index contributed by atoms with van der Waals surface area (Å²) in [5, 5.41) is 3.42. The van der Waals surface area contributed by atoms with Crippen molar-refractivity contribution < 1.29 is 4.42 Å². The first-order valence-electron chi connectivity index (χ1n) is 5.50. The maximum Gasteiger partial charge on any atom is 0.0954 e. The molecule has 1 unspecified atom stereocenters. The van der Waals surface area contributed by atoms with Gasteiger partial charge in [0.25, 0.3) is 0 Å². The van der Waals surface area contributed by atoms with Crippen LogP contribution in [0.4, 0.5) is 0 Å². The van der Waals surface area contributed by atoms with Gasteiger partial charge in [-0.1, -0.05) is 13.0 Å². The van der Waals surface area contributed by atoms with Crippen molar-refractivity contribution in [3.05, 3.63) is 53.7 Å². The van der Waals surface area contributed by atoms with Gasteiger partial charge in [-0.05, 0) is 31.2 Å². The molecule has 0 bridgehead atoms. The van der Waals surface area contributed by atoms with Crippen molar-refractivity contribution in [2.75, 3.05) is 6.54 Å². The summed E-state index contributed by atoms with van der Waals surface area (Å²) >= 11 is 0. The van der Waals surface area contributed by atoms with E-state index in [1.54, 1.807) is 12.5 Å². The molecule has 84 valence electrons. The summed E-state index contributed by atoms with van der Waals surface area (Å²) in [4.78, 5) is 4.45. The number of furan rings is 1. The van der Waals surface area contributed by atoms with Crippen molar-refractivity contribution in [1.82, 2.24) is 10.3 Å². The van der Waals surface area contributed by atoms with E-state index in [4.69, 9.17) is 4.42 Å². The lowest BCUT2D eigenvalue weighted by Crippen LogP contribution is -2.23. The minimum absolute atomic E-state index is 0.116. The average molecular weight is 216 g/mol. The van der Waals surface area contributed by atoms with Crippen LogP contribution >= 0.6 is 0 Å². The molecule has 0 spiro atoms. The van der Waals surface area contributed by atoms with E-state index in [1.165, 1.54) is 5.56 Å². The van der Waals surface area contributed by atoms with Gasteiger partial charge in [-0.3, -0.25) is 4.98 Å². The second-order valence-electron chi connectivity index (χ2n) is 3.75. The molecule has 1 N–H and O–H groups in total. The fourth-order valence-corrected chi connectivity index (χ4v) is 1.82. The Balaban J connectivity index is 2.37. The Labute approximate surface area is 95.5 Å². The highest BCUT2D eigenvalue weighted by Gasteiger charge is 2.16. The molecule has 3 nitrogen and oxygen atoms in total. The van der Waals surface area contributed by atoms with Gasteiger partial charge in [0.15, 0.2) is 0 Å². The fourth-order valence-electron chi connectivity index (χ4n) is 1.82. The molecule has 0 radical (unpaired) electrons.